The number of aromatic nitrogens is 1. The highest BCUT2D eigenvalue weighted by Crippen LogP contribution is 2.38. The zero-order valence-corrected chi connectivity index (χ0v) is 20.3. The van der Waals surface area contributed by atoms with Crippen LogP contribution in [0.1, 0.15) is 59.7 Å². The van der Waals surface area contributed by atoms with Crippen LogP contribution in [-0.2, 0) is 28.2 Å². The van der Waals surface area contributed by atoms with Crippen LogP contribution in [-0.4, -0.2) is 62.5 Å². The molecule has 2 unspecified atom stereocenters. The second-order valence-corrected chi connectivity index (χ2v) is 9.60. The lowest BCUT2D eigenvalue weighted by molar-refractivity contribution is -0.150. The fourth-order valence-corrected chi connectivity index (χ4v) is 4.80. The maximum Gasteiger partial charge on any atom is 0.322 e. The fraction of sp³-hybridized carbons (Fsp3) is 0.440. The Kier molecular flexibility index (Phi) is 6.18. The Bertz CT molecular complexity index is 1250. The Labute approximate surface area is 202 Å². The number of ether oxygens (including phenoxy) is 1. The van der Waals surface area contributed by atoms with E-state index >= 15 is 0 Å². The van der Waals surface area contributed by atoms with E-state index in [1.807, 2.05) is 30.3 Å². The SMILES string of the molecule is CC(CN1C(=O)c2c3c(c(O)c(=O)n2C1(C)C)C(=O)N(Cc1ccccc1)CC3)OC(=O)C(C)N. The van der Waals surface area contributed by atoms with Crippen LogP contribution in [0.3, 0.4) is 0 Å². The third-order valence-corrected chi connectivity index (χ3v) is 6.59. The molecule has 0 spiro atoms. The predicted octanol–water partition coefficient (Wildman–Crippen LogP) is 1.18. The van der Waals surface area contributed by atoms with E-state index in [0.717, 1.165) is 5.56 Å². The molecule has 186 valence electrons. The molecule has 0 radical (unpaired) electrons. The number of hydrogen-bond donors (Lipinski definition) is 2. The molecule has 2 atom stereocenters. The number of hydrogen-bond acceptors (Lipinski definition) is 7. The summed E-state index contributed by atoms with van der Waals surface area (Å²) in [5.41, 5.74) is 4.84. The molecule has 2 aliphatic heterocycles. The van der Waals surface area contributed by atoms with Gasteiger partial charge in [0.25, 0.3) is 17.4 Å². The minimum absolute atomic E-state index is 0.00896. The van der Waals surface area contributed by atoms with Gasteiger partial charge in [0.15, 0.2) is 5.75 Å². The topological polar surface area (TPSA) is 135 Å². The third-order valence-electron chi connectivity index (χ3n) is 6.59. The molecule has 0 bridgehead atoms. The number of rotatable bonds is 6. The number of pyridine rings is 1. The van der Waals surface area contributed by atoms with Crippen molar-refractivity contribution in [2.24, 2.45) is 5.73 Å². The molecular formula is C25H30N4O6. The minimum Gasteiger partial charge on any atom is -0.502 e. The Morgan fingerprint density at radius 1 is 1.14 bits per heavy atom. The van der Waals surface area contributed by atoms with Gasteiger partial charge >= 0.3 is 5.97 Å². The van der Waals surface area contributed by atoms with Crippen LogP contribution in [0.2, 0.25) is 0 Å². The van der Waals surface area contributed by atoms with Gasteiger partial charge in [0.1, 0.15) is 23.5 Å². The van der Waals surface area contributed by atoms with Gasteiger partial charge in [0.05, 0.1) is 12.1 Å². The standard InChI is InChI=1S/C25H30N4O6/c1-14(35-24(34)15(2)26)12-28-22(32)19-17-10-11-27(13-16-8-6-5-7-9-16)21(31)18(17)20(30)23(33)29(19)25(28,3)4/h5-9,14-15,30H,10-13,26H2,1-4H3. The molecule has 2 aromatic rings. The van der Waals surface area contributed by atoms with E-state index in [1.54, 1.807) is 25.7 Å². The van der Waals surface area contributed by atoms with Gasteiger partial charge in [-0.1, -0.05) is 30.3 Å². The van der Waals surface area contributed by atoms with Gasteiger partial charge in [-0.15, -0.1) is 0 Å². The molecule has 2 amide bonds. The smallest absolute Gasteiger partial charge is 0.322 e. The molecular weight excluding hydrogens is 452 g/mol. The number of amides is 2. The molecule has 0 saturated carbocycles. The van der Waals surface area contributed by atoms with Crippen LogP contribution in [0.4, 0.5) is 0 Å². The molecule has 0 fully saturated rings. The molecule has 2 aliphatic rings. The van der Waals surface area contributed by atoms with Crippen LogP contribution in [0.5, 0.6) is 5.75 Å². The van der Waals surface area contributed by atoms with Crippen LogP contribution in [0.25, 0.3) is 0 Å². The maximum atomic E-state index is 13.6. The molecule has 3 heterocycles. The van der Waals surface area contributed by atoms with E-state index < -0.39 is 46.9 Å². The molecule has 35 heavy (non-hydrogen) atoms. The lowest BCUT2D eigenvalue weighted by Crippen LogP contribution is -2.49. The van der Waals surface area contributed by atoms with Crippen LogP contribution in [0, 0.1) is 0 Å². The van der Waals surface area contributed by atoms with E-state index in [0.29, 0.717) is 25.1 Å². The van der Waals surface area contributed by atoms with Crippen LogP contribution >= 0.6 is 0 Å². The highest BCUT2D eigenvalue weighted by Gasteiger charge is 2.48. The summed E-state index contributed by atoms with van der Waals surface area (Å²) in [6, 6.07) is 8.60. The van der Waals surface area contributed by atoms with Gasteiger partial charge in [0.2, 0.25) is 0 Å². The largest absolute Gasteiger partial charge is 0.502 e. The van der Waals surface area contributed by atoms with Crippen LogP contribution in [0.15, 0.2) is 35.1 Å². The van der Waals surface area contributed by atoms with Crippen molar-refractivity contribution in [3.63, 3.8) is 0 Å². The van der Waals surface area contributed by atoms with Crippen molar-refractivity contribution >= 4 is 17.8 Å². The average Bonchev–Trinajstić information content (AvgIpc) is 3.00. The second kappa shape index (κ2) is 8.84. The second-order valence-electron chi connectivity index (χ2n) is 9.60. The first-order valence-corrected chi connectivity index (χ1v) is 11.6. The van der Waals surface area contributed by atoms with Gasteiger partial charge < -0.3 is 25.4 Å². The summed E-state index contributed by atoms with van der Waals surface area (Å²) in [5, 5.41) is 10.8. The van der Waals surface area contributed by atoms with E-state index in [1.165, 1.54) is 16.4 Å². The van der Waals surface area contributed by atoms with Crippen molar-refractivity contribution in [2.75, 3.05) is 13.1 Å². The number of carbonyl (C=O) groups is 3. The van der Waals surface area contributed by atoms with Crippen molar-refractivity contribution in [3.8, 4) is 5.75 Å². The molecule has 0 saturated heterocycles. The Morgan fingerprint density at radius 3 is 2.43 bits per heavy atom. The maximum absolute atomic E-state index is 13.6. The first-order chi connectivity index (χ1) is 16.4. The number of nitrogens with zero attached hydrogens (tertiary/aromatic N) is 3. The highest BCUT2D eigenvalue weighted by molar-refractivity contribution is 6.05. The summed E-state index contributed by atoms with van der Waals surface area (Å²) < 4.78 is 6.55. The summed E-state index contributed by atoms with van der Waals surface area (Å²) in [7, 11) is 0. The summed E-state index contributed by atoms with van der Waals surface area (Å²) in [6.07, 6.45) is -0.378. The number of benzene rings is 1. The van der Waals surface area contributed by atoms with Gasteiger partial charge in [0, 0.05) is 18.7 Å². The first-order valence-electron chi connectivity index (χ1n) is 11.6. The number of esters is 1. The molecule has 1 aromatic heterocycles. The van der Waals surface area contributed by atoms with Crippen molar-refractivity contribution in [1.82, 2.24) is 14.4 Å². The Hall–Kier alpha value is -3.66. The normalized spacial score (nSPS) is 18.2. The minimum atomic E-state index is -1.16. The summed E-state index contributed by atoms with van der Waals surface area (Å²) in [5.74, 6) is -2.21. The first kappa shape index (κ1) is 24.5. The van der Waals surface area contributed by atoms with Crippen molar-refractivity contribution in [1.29, 1.82) is 0 Å². The van der Waals surface area contributed by atoms with E-state index in [4.69, 9.17) is 10.5 Å². The molecule has 0 aliphatic carbocycles. The lowest BCUT2D eigenvalue weighted by atomic mass is 9.95. The monoisotopic (exact) mass is 482 g/mol. The van der Waals surface area contributed by atoms with Gasteiger partial charge in [-0.2, -0.15) is 0 Å². The lowest BCUT2D eigenvalue weighted by Gasteiger charge is -2.34. The van der Waals surface area contributed by atoms with Crippen LogP contribution < -0.4 is 11.3 Å². The van der Waals surface area contributed by atoms with Crippen molar-refractivity contribution < 1.29 is 24.2 Å². The van der Waals surface area contributed by atoms with E-state index in [-0.39, 0.29) is 17.8 Å². The molecule has 10 heteroatoms. The Morgan fingerprint density at radius 2 is 1.80 bits per heavy atom. The van der Waals surface area contributed by atoms with Crippen molar-refractivity contribution in [2.45, 2.75) is 58.5 Å². The average molecular weight is 483 g/mol. The summed E-state index contributed by atoms with van der Waals surface area (Å²) in [6.45, 7) is 7.14. The van der Waals surface area contributed by atoms with Crippen molar-refractivity contribution in [3.05, 3.63) is 63.1 Å². The van der Waals surface area contributed by atoms with Gasteiger partial charge in [-0.05, 0) is 39.7 Å². The third kappa shape index (κ3) is 4.07. The molecule has 10 nitrogen and oxygen atoms in total. The highest BCUT2D eigenvalue weighted by atomic mass is 16.5. The molecule has 4 rings (SSSR count). The number of nitrogens with two attached hydrogens (primary N) is 1. The predicted molar refractivity (Wildman–Crippen MR) is 127 cm³/mol. The summed E-state index contributed by atoms with van der Waals surface area (Å²) >= 11 is 0. The summed E-state index contributed by atoms with van der Waals surface area (Å²) in [4.78, 5) is 55.0. The van der Waals surface area contributed by atoms with Gasteiger partial charge in [-0.25, -0.2) is 0 Å². The molecule has 1 aromatic carbocycles. The number of carbonyl (C=O) groups excluding carboxylic acids is 3. The fourth-order valence-electron chi connectivity index (χ4n) is 4.80. The number of fused-ring (bicyclic) bond motifs is 3. The molecule has 3 N–H and O–H groups in total. The van der Waals surface area contributed by atoms with E-state index in [2.05, 4.69) is 0 Å². The van der Waals surface area contributed by atoms with E-state index in [9.17, 15) is 24.3 Å². The Balaban J connectivity index is 1.70. The number of aromatic hydroxyl groups is 1. The quantitative estimate of drug-likeness (QED) is 0.590. The zero-order chi connectivity index (χ0) is 25.7. The van der Waals surface area contributed by atoms with Gasteiger partial charge in [-0.3, -0.25) is 23.7 Å². The zero-order valence-electron chi connectivity index (χ0n) is 20.3.